The van der Waals surface area contributed by atoms with Crippen LogP contribution in [-0.4, -0.2) is 23.9 Å². The quantitative estimate of drug-likeness (QED) is 0.145. The Morgan fingerprint density at radius 2 is 0.719 bits per heavy atom. The van der Waals surface area contributed by atoms with Gasteiger partial charge in [0.25, 0.3) is 0 Å². The van der Waals surface area contributed by atoms with Crippen LogP contribution in [0.2, 0.25) is 0 Å². The van der Waals surface area contributed by atoms with Crippen molar-refractivity contribution in [3.8, 4) is 11.5 Å². The van der Waals surface area contributed by atoms with Crippen LogP contribution in [0.5, 0.6) is 11.5 Å². The lowest BCUT2D eigenvalue weighted by atomic mass is 9.73. The first kappa shape index (κ1) is 45.3. The van der Waals surface area contributed by atoms with E-state index in [1.807, 2.05) is 0 Å². The molecular weight excluding hydrogens is 781 g/mol. The Balaban J connectivity index is 0.961. The normalized spacial score (nSPS) is 15.2. The van der Waals surface area contributed by atoms with E-state index in [-0.39, 0.29) is 32.6 Å². The molecule has 334 valence electrons. The zero-order valence-electron chi connectivity index (χ0n) is 41.2. The van der Waals surface area contributed by atoms with Gasteiger partial charge in [0.2, 0.25) is 0 Å². The van der Waals surface area contributed by atoms with E-state index >= 15 is 0 Å². The Kier molecular flexibility index (Phi) is 11.5. The minimum Gasteiger partial charge on any atom is -0.478 e. The molecular formula is C60H72N2O2. The minimum absolute atomic E-state index is 0.0502. The van der Waals surface area contributed by atoms with Gasteiger partial charge in [0, 0.05) is 57.1 Å². The van der Waals surface area contributed by atoms with Crippen LogP contribution in [0.3, 0.4) is 0 Å². The van der Waals surface area contributed by atoms with Gasteiger partial charge in [-0.05, 0) is 113 Å². The van der Waals surface area contributed by atoms with Gasteiger partial charge in [-0.15, -0.1) is 0 Å². The number of hydrogen-bond donors (Lipinski definition) is 0. The fourth-order valence-electron chi connectivity index (χ4n) is 9.60. The second kappa shape index (κ2) is 16.3. The smallest absolute Gasteiger partial charge is 0.161 e. The van der Waals surface area contributed by atoms with Crippen molar-refractivity contribution in [2.45, 2.75) is 143 Å². The summed E-state index contributed by atoms with van der Waals surface area (Å²) in [7, 11) is 0. The summed E-state index contributed by atoms with van der Waals surface area (Å²) in [6.07, 6.45) is 0. The number of anilines is 1. The molecule has 2 aliphatic heterocycles. The van der Waals surface area contributed by atoms with E-state index in [0.717, 1.165) is 24.6 Å². The van der Waals surface area contributed by atoms with Crippen molar-refractivity contribution in [1.82, 2.24) is 4.90 Å². The molecule has 0 saturated heterocycles. The largest absolute Gasteiger partial charge is 0.478 e. The fourth-order valence-corrected chi connectivity index (χ4v) is 9.60. The van der Waals surface area contributed by atoms with Crippen LogP contribution in [0.25, 0.3) is 0 Å². The lowest BCUT2D eigenvalue weighted by Gasteiger charge is -2.39. The van der Waals surface area contributed by atoms with Crippen molar-refractivity contribution >= 4 is 5.69 Å². The van der Waals surface area contributed by atoms with Gasteiger partial charge >= 0.3 is 0 Å². The van der Waals surface area contributed by atoms with Crippen LogP contribution < -0.4 is 14.4 Å². The third-order valence-corrected chi connectivity index (χ3v) is 15.0. The van der Waals surface area contributed by atoms with E-state index in [2.05, 4.69) is 240 Å². The van der Waals surface area contributed by atoms with Crippen molar-refractivity contribution in [3.63, 3.8) is 0 Å². The summed E-state index contributed by atoms with van der Waals surface area (Å²) in [5.41, 5.74) is 15.0. The van der Waals surface area contributed by atoms with E-state index < -0.39 is 0 Å². The highest BCUT2D eigenvalue weighted by molar-refractivity contribution is 5.55. The van der Waals surface area contributed by atoms with Crippen LogP contribution in [0, 0.1) is 0 Å². The van der Waals surface area contributed by atoms with Gasteiger partial charge in [-0.2, -0.15) is 0 Å². The monoisotopic (exact) mass is 853 g/mol. The molecule has 0 N–H and O–H groups in total. The van der Waals surface area contributed by atoms with E-state index in [1.165, 1.54) is 66.9 Å². The fraction of sp³-hybridized carbons (Fsp3) is 0.400. The summed E-state index contributed by atoms with van der Waals surface area (Å²) < 4.78 is 12.6. The highest BCUT2D eigenvalue weighted by atomic mass is 16.5. The van der Waals surface area contributed by atoms with Gasteiger partial charge in [-0.3, -0.25) is 4.90 Å². The van der Waals surface area contributed by atoms with Crippen LogP contribution in [0.4, 0.5) is 5.69 Å². The van der Waals surface area contributed by atoms with E-state index in [4.69, 9.17) is 9.47 Å². The first-order chi connectivity index (χ1) is 30.0. The molecule has 0 aromatic heterocycles. The first-order valence-corrected chi connectivity index (χ1v) is 23.4. The average Bonchev–Trinajstić information content (AvgIpc) is 3.27. The second-order valence-corrected chi connectivity index (χ2v) is 22.8. The molecule has 0 bridgehead atoms. The van der Waals surface area contributed by atoms with E-state index in [9.17, 15) is 0 Å². The molecule has 6 aromatic rings. The number of fused-ring (bicyclic) bond motifs is 2. The van der Waals surface area contributed by atoms with Gasteiger partial charge in [0.1, 0.15) is 18.2 Å². The first-order valence-electron chi connectivity index (χ1n) is 23.4. The summed E-state index contributed by atoms with van der Waals surface area (Å²) in [6, 6.07) is 50.4. The molecule has 0 atom stereocenters. The standard InChI is InChI=1S/C60H72N2O2/c1-55(2,3)43-18-20-44(21-19-43)57(7,8)48-16-15-17-49(36-48)58(9,10)47-26-30-52(31-27-47)61-37-41-34-50(28-32-53(41)63-39-61)59(11,12)45-22-24-46(25-23-45)60(13,14)51-29-33-54-42(35-51)38-62(40-64-54)56(4,5)6/h15-36H,37-40H2,1-14H3. The van der Waals surface area contributed by atoms with Gasteiger partial charge in [-0.1, -0.05) is 173 Å². The zero-order chi connectivity index (χ0) is 46.0. The Hall–Kier alpha value is -5.32. The summed E-state index contributed by atoms with van der Waals surface area (Å²) in [4.78, 5) is 4.73. The molecule has 0 radical (unpaired) electrons. The molecule has 0 amide bonds. The Bertz CT molecular complexity index is 2620. The molecule has 6 aromatic carbocycles. The van der Waals surface area contributed by atoms with Crippen LogP contribution in [0.15, 0.2) is 133 Å². The predicted octanol–water partition coefficient (Wildman–Crippen LogP) is 14.6. The van der Waals surface area contributed by atoms with E-state index in [1.54, 1.807) is 0 Å². The van der Waals surface area contributed by atoms with E-state index in [0.29, 0.717) is 13.5 Å². The maximum absolute atomic E-state index is 6.40. The molecule has 4 nitrogen and oxygen atoms in total. The number of benzene rings is 6. The summed E-state index contributed by atoms with van der Waals surface area (Å²) in [6.45, 7) is 35.1. The topological polar surface area (TPSA) is 24.9 Å². The minimum atomic E-state index is -0.198. The highest BCUT2D eigenvalue weighted by Gasteiger charge is 2.33. The predicted molar refractivity (Wildman–Crippen MR) is 268 cm³/mol. The van der Waals surface area contributed by atoms with Gasteiger partial charge in [0.05, 0.1) is 0 Å². The molecule has 0 aliphatic carbocycles. The van der Waals surface area contributed by atoms with Gasteiger partial charge < -0.3 is 14.4 Å². The lowest BCUT2D eigenvalue weighted by molar-refractivity contribution is 0.0217. The number of ether oxygens (including phenoxy) is 2. The summed E-state index contributed by atoms with van der Waals surface area (Å²) in [5, 5.41) is 0. The lowest BCUT2D eigenvalue weighted by Crippen LogP contribution is -2.45. The molecule has 8 rings (SSSR count). The number of nitrogens with zero attached hydrogens (tertiary/aromatic N) is 2. The molecule has 0 unspecified atom stereocenters. The third-order valence-electron chi connectivity index (χ3n) is 15.0. The maximum atomic E-state index is 6.40. The second-order valence-electron chi connectivity index (χ2n) is 22.8. The molecule has 2 heterocycles. The average molecular weight is 853 g/mol. The van der Waals surface area contributed by atoms with Crippen LogP contribution in [0.1, 0.15) is 158 Å². The Labute approximate surface area is 385 Å². The van der Waals surface area contributed by atoms with Crippen LogP contribution >= 0.6 is 0 Å². The van der Waals surface area contributed by atoms with Crippen molar-refractivity contribution in [2.75, 3.05) is 18.4 Å². The molecule has 4 heteroatoms. The van der Waals surface area contributed by atoms with Crippen molar-refractivity contribution in [2.24, 2.45) is 0 Å². The highest BCUT2D eigenvalue weighted by Crippen LogP contribution is 2.42. The van der Waals surface area contributed by atoms with Gasteiger partial charge in [-0.25, -0.2) is 0 Å². The molecule has 0 fully saturated rings. The Morgan fingerprint density at radius 3 is 1.14 bits per heavy atom. The Morgan fingerprint density at radius 1 is 0.359 bits per heavy atom. The summed E-state index contributed by atoms with van der Waals surface area (Å²) >= 11 is 0. The number of hydrogen-bond acceptors (Lipinski definition) is 4. The molecule has 0 spiro atoms. The summed E-state index contributed by atoms with van der Waals surface area (Å²) in [5.74, 6) is 1.98. The molecule has 2 aliphatic rings. The molecule has 64 heavy (non-hydrogen) atoms. The van der Waals surface area contributed by atoms with Crippen molar-refractivity contribution < 1.29 is 9.47 Å². The van der Waals surface area contributed by atoms with Crippen molar-refractivity contribution in [1.29, 1.82) is 0 Å². The van der Waals surface area contributed by atoms with Gasteiger partial charge in [0.15, 0.2) is 6.73 Å². The number of rotatable bonds is 9. The third kappa shape index (κ3) is 8.63. The maximum Gasteiger partial charge on any atom is 0.161 e. The SMILES string of the molecule is CC(C)(C)c1ccc(C(C)(C)c2cccc(C(C)(C)c3ccc(N4COc5ccc(C(C)(C)c6ccc(C(C)(C)c7ccc8c(c7)CN(C(C)(C)C)CO8)cc6)cc5C4)cc3)c2)cc1. The van der Waals surface area contributed by atoms with Crippen molar-refractivity contribution in [3.05, 3.63) is 195 Å². The molecule has 0 saturated carbocycles. The zero-order valence-corrected chi connectivity index (χ0v) is 41.2. The van der Waals surface area contributed by atoms with Crippen LogP contribution in [-0.2, 0) is 40.2 Å².